The van der Waals surface area contributed by atoms with Crippen LogP contribution >= 0.6 is 39.0 Å². The highest BCUT2D eigenvalue weighted by molar-refractivity contribution is 9.10. The van der Waals surface area contributed by atoms with Crippen LogP contribution in [0.2, 0.25) is 0 Å². The third-order valence-electron chi connectivity index (χ3n) is 7.58. The average Bonchev–Trinajstić information content (AvgIpc) is 3.48. The first-order valence-corrected chi connectivity index (χ1v) is 13.6. The summed E-state index contributed by atoms with van der Waals surface area (Å²) in [6.45, 7) is 2.54. The lowest BCUT2D eigenvalue weighted by atomic mass is 9.75. The topological polar surface area (TPSA) is 51.5 Å². The first-order chi connectivity index (χ1) is 15.1. The molecule has 4 aliphatic rings. The van der Waals surface area contributed by atoms with E-state index in [4.69, 9.17) is 4.74 Å². The molecule has 1 amide bonds. The summed E-state index contributed by atoms with van der Waals surface area (Å²) in [6.07, 6.45) is 3.95. The number of rotatable bonds is 3. The third kappa shape index (κ3) is 3.45. The van der Waals surface area contributed by atoms with Crippen LogP contribution in [-0.4, -0.2) is 46.9 Å². The van der Waals surface area contributed by atoms with Crippen LogP contribution in [0.4, 0.5) is 0 Å². The Kier molecular flexibility index (Phi) is 5.32. The number of ether oxygens (including phenoxy) is 1. The van der Waals surface area contributed by atoms with E-state index < -0.39 is 0 Å². The maximum absolute atomic E-state index is 13.1. The van der Waals surface area contributed by atoms with Crippen LogP contribution in [0.25, 0.3) is 0 Å². The fraction of sp³-hybridized carbons (Fsp3) is 0.565. The van der Waals surface area contributed by atoms with Gasteiger partial charge in [0.1, 0.15) is 6.54 Å². The van der Waals surface area contributed by atoms with Crippen LogP contribution < -0.4 is 4.87 Å². The molecule has 2 aliphatic carbocycles. The summed E-state index contributed by atoms with van der Waals surface area (Å²) in [6, 6.07) is 8.65. The minimum atomic E-state index is 0.00791. The van der Waals surface area contributed by atoms with Gasteiger partial charge in [-0.25, -0.2) is 0 Å². The van der Waals surface area contributed by atoms with Gasteiger partial charge in [0.2, 0.25) is 5.91 Å². The second kappa shape index (κ2) is 8.04. The molecule has 1 aromatic heterocycles. The number of benzene rings is 1. The van der Waals surface area contributed by atoms with E-state index >= 15 is 0 Å². The van der Waals surface area contributed by atoms with E-state index in [1.807, 2.05) is 16.7 Å². The van der Waals surface area contributed by atoms with Gasteiger partial charge in [0.05, 0.1) is 18.2 Å². The van der Waals surface area contributed by atoms with Gasteiger partial charge in [-0.3, -0.25) is 14.2 Å². The number of fused-ring (bicyclic) bond motifs is 6. The minimum absolute atomic E-state index is 0.00791. The normalized spacial score (nSPS) is 31.5. The number of carbonyl (C=O) groups is 1. The molecule has 2 saturated carbocycles. The Morgan fingerprint density at radius 1 is 1.13 bits per heavy atom. The zero-order valence-electron chi connectivity index (χ0n) is 17.2. The molecule has 5 atom stereocenters. The molecule has 164 valence electrons. The smallest absolute Gasteiger partial charge is 0.308 e. The van der Waals surface area contributed by atoms with Gasteiger partial charge in [0, 0.05) is 33.6 Å². The van der Waals surface area contributed by atoms with E-state index in [0.717, 1.165) is 21.3 Å². The summed E-state index contributed by atoms with van der Waals surface area (Å²) in [5.41, 5.74) is 1.31. The number of thiazole rings is 1. The first-order valence-electron chi connectivity index (χ1n) is 11.1. The number of hydrogen-bond acceptors (Lipinski definition) is 5. The molecule has 2 aromatic rings. The summed E-state index contributed by atoms with van der Waals surface area (Å²) in [5, 5.41) is 1.61. The standard InChI is InChI=1S/C23H25BrN2O3S2/c24-16-5-3-13(4-6-16)18-19-14-1-2-15(11-14)20(19)30-22-21(18)31-23(28)26(22)12-17(27)25-7-9-29-10-8-25/h3-6,14-15,18-20H,1-2,7-12H2. The molecule has 3 fully saturated rings. The van der Waals surface area contributed by atoms with Crippen LogP contribution in [0.15, 0.2) is 38.6 Å². The van der Waals surface area contributed by atoms with Crippen molar-refractivity contribution in [2.45, 2.75) is 42.0 Å². The number of morpholine rings is 1. The van der Waals surface area contributed by atoms with Crippen LogP contribution in [0, 0.1) is 17.8 Å². The summed E-state index contributed by atoms with van der Waals surface area (Å²) in [5.74, 6) is 2.39. The molecule has 1 saturated heterocycles. The maximum atomic E-state index is 13.1. The van der Waals surface area contributed by atoms with E-state index in [9.17, 15) is 9.59 Å². The number of carbonyl (C=O) groups excluding carboxylic acids is 1. The van der Waals surface area contributed by atoms with Crippen LogP contribution in [0.1, 0.15) is 35.6 Å². The highest BCUT2D eigenvalue weighted by Gasteiger charge is 2.55. The van der Waals surface area contributed by atoms with Gasteiger partial charge >= 0.3 is 4.87 Å². The third-order valence-corrected chi connectivity index (χ3v) is 10.9. The number of aromatic nitrogens is 1. The van der Waals surface area contributed by atoms with Crippen molar-refractivity contribution >= 4 is 44.9 Å². The molecular weight excluding hydrogens is 496 g/mol. The van der Waals surface area contributed by atoms with Gasteiger partial charge in [-0.05, 0) is 54.7 Å². The van der Waals surface area contributed by atoms with Crippen LogP contribution in [0.3, 0.4) is 0 Å². The van der Waals surface area contributed by atoms with Crippen LogP contribution in [-0.2, 0) is 16.1 Å². The zero-order valence-corrected chi connectivity index (χ0v) is 20.4. The number of halogens is 1. The van der Waals surface area contributed by atoms with Crippen molar-refractivity contribution in [1.29, 1.82) is 0 Å². The molecule has 31 heavy (non-hydrogen) atoms. The number of nitrogens with zero attached hydrogens (tertiary/aromatic N) is 2. The molecule has 8 heteroatoms. The van der Waals surface area contributed by atoms with Crippen molar-refractivity contribution in [2.75, 3.05) is 26.3 Å². The van der Waals surface area contributed by atoms with Gasteiger partial charge in [0.15, 0.2) is 0 Å². The largest absolute Gasteiger partial charge is 0.378 e. The van der Waals surface area contributed by atoms with Crippen molar-refractivity contribution < 1.29 is 9.53 Å². The predicted octanol–water partition coefficient (Wildman–Crippen LogP) is 4.18. The number of hydrogen-bond donors (Lipinski definition) is 0. The molecule has 0 spiro atoms. The Bertz CT molecular complexity index is 1060. The molecule has 0 N–H and O–H groups in total. The van der Waals surface area contributed by atoms with Crippen molar-refractivity contribution in [1.82, 2.24) is 9.47 Å². The molecule has 0 radical (unpaired) electrons. The van der Waals surface area contributed by atoms with E-state index in [1.165, 1.54) is 41.0 Å². The lowest BCUT2D eigenvalue weighted by Gasteiger charge is -2.40. The van der Waals surface area contributed by atoms with Crippen molar-refractivity contribution in [3.05, 3.63) is 48.8 Å². The quantitative estimate of drug-likeness (QED) is 0.608. The highest BCUT2D eigenvalue weighted by Crippen LogP contribution is 2.64. The van der Waals surface area contributed by atoms with E-state index in [-0.39, 0.29) is 23.2 Å². The van der Waals surface area contributed by atoms with Gasteiger partial charge in [-0.15, -0.1) is 11.8 Å². The van der Waals surface area contributed by atoms with Gasteiger partial charge in [-0.2, -0.15) is 0 Å². The number of amides is 1. The molecule has 2 bridgehead atoms. The molecule has 3 heterocycles. The fourth-order valence-corrected chi connectivity index (χ4v) is 9.59. The Labute approximate surface area is 198 Å². The maximum Gasteiger partial charge on any atom is 0.308 e. The van der Waals surface area contributed by atoms with E-state index in [2.05, 4.69) is 40.2 Å². The Morgan fingerprint density at radius 2 is 1.87 bits per heavy atom. The van der Waals surface area contributed by atoms with Crippen molar-refractivity contribution in [3.63, 3.8) is 0 Å². The molecular formula is C23H25BrN2O3S2. The predicted molar refractivity (Wildman–Crippen MR) is 126 cm³/mol. The highest BCUT2D eigenvalue weighted by atomic mass is 79.9. The molecule has 5 unspecified atom stereocenters. The summed E-state index contributed by atoms with van der Waals surface area (Å²) in [4.78, 5) is 29.1. The summed E-state index contributed by atoms with van der Waals surface area (Å²) >= 11 is 6.83. The monoisotopic (exact) mass is 520 g/mol. The second-order valence-electron chi connectivity index (χ2n) is 9.14. The van der Waals surface area contributed by atoms with E-state index in [0.29, 0.717) is 37.5 Å². The van der Waals surface area contributed by atoms with Crippen LogP contribution in [0.5, 0.6) is 0 Å². The Balaban J connectivity index is 1.40. The first kappa shape index (κ1) is 20.5. The fourth-order valence-electron chi connectivity index (χ4n) is 6.18. The van der Waals surface area contributed by atoms with Gasteiger partial charge in [0.25, 0.3) is 0 Å². The Morgan fingerprint density at radius 3 is 2.65 bits per heavy atom. The Hall–Kier alpha value is -1.09. The lowest BCUT2D eigenvalue weighted by molar-refractivity contribution is -0.136. The van der Waals surface area contributed by atoms with Gasteiger partial charge in [-0.1, -0.05) is 39.4 Å². The van der Waals surface area contributed by atoms with Crippen molar-refractivity contribution in [2.24, 2.45) is 17.8 Å². The van der Waals surface area contributed by atoms with E-state index in [1.54, 1.807) is 4.57 Å². The molecule has 5 nitrogen and oxygen atoms in total. The number of thioether (sulfide) groups is 1. The van der Waals surface area contributed by atoms with Gasteiger partial charge < -0.3 is 9.64 Å². The SMILES string of the molecule is O=C(Cn1c2c(sc1=O)C(c1ccc(Br)cc1)C1C3CCC(C3)C1S2)N1CCOCC1. The zero-order chi connectivity index (χ0) is 21.1. The minimum Gasteiger partial charge on any atom is -0.378 e. The molecule has 2 aliphatic heterocycles. The lowest BCUT2D eigenvalue weighted by Crippen LogP contribution is -2.43. The summed E-state index contributed by atoms with van der Waals surface area (Å²) in [7, 11) is 0. The molecule has 6 rings (SSSR count). The average molecular weight is 522 g/mol. The summed E-state index contributed by atoms with van der Waals surface area (Å²) < 4.78 is 8.23. The second-order valence-corrected chi connectivity index (χ2v) is 12.2. The molecule has 1 aromatic carbocycles. The van der Waals surface area contributed by atoms with Crippen molar-refractivity contribution in [3.8, 4) is 0 Å².